The van der Waals surface area contributed by atoms with Crippen LogP contribution in [0, 0.1) is 12.8 Å². The molecule has 0 fully saturated rings. The molecule has 2 heterocycles. The zero-order valence-electron chi connectivity index (χ0n) is 10.9. The van der Waals surface area contributed by atoms with Crippen LogP contribution in [0.1, 0.15) is 5.56 Å². The van der Waals surface area contributed by atoms with Crippen LogP contribution in [-0.4, -0.2) is 22.8 Å². The molecule has 3 atom stereocenters. The molecule has 0 aliphatic carbocycles. The highest BCUT2D eigenvalue weighted by atomic mass is 31.0. The molecule has 0 bridgehead atoms. The van der Waals surface area contributed by atoms with Crippen LogP contribution in [0.2, 0.25) is 0 Å². The van der Waals surface area contributed by atoms with Crippen molar-refractivity contribution in [1.82, 2.24) is 9.55 Å². The number of nitrogens with one attached hydrogen (secondary N) is 1. The molecular weight excluding hydrogens is 302 g/mol. The maximum absolute atomic E-state index is 11.8. The first-order valence-electron chi connectivity index (χ1n) is 5.91. The fourth-order valence-corrected chi connectivity index (χ4v) is 2.53. The Kier molecular flexibility index (Phi) is 4.97. The minimum absolute atomic E-state index is 0.106. The summed E-state index contributed by atoms with van der Waals surface area (Å²) < 4.78 is 17.1. The first-order chi connectivity index (χ1) is 9.56. The third-order valence-electron chi connectivity index (χ3n) is 3.05. The lowest BCUT2D eigenvalue weighted by molar-refractivity contribution is 0.181. The third kappa shape index (κ3) is 3.11. The van der Waals surface area contributed by atoms with E-state index in [0.717, 1.165) is 0 Å². The van der Waals surface area contributed by atoms with E-state index in [-0.39, 0.29) is 18.1 Å². The average Bonchev–Trinajstić information content (AvgIpc) is 2.78. The van der Waals surface area contributed by atoms with Gasteiger partial charge in [-0.3, -0.25) is 14.3 Å². The number of aromatic amines is 1. The standard InChI is InChI=1S/C11H16N2O5P2/c1-6-2-13(11(15)12-10(6)14)3-7-4-16-8(5-17-19)9(7)18-20/h2,7H,3-5,19-20H2,1H3,(H,12,14,15). The second-order valence-electron chi connectivity index (χ2n) is 4.45. The highest BCUT2D eigenvalue weighted by molar-refractivity contribution is 7.10. The molecule has 3 unspecified atom stereocenters. The van der Waals surface area contributed by atoms with E-state index in [0.29, 0.717) is 30.2 Å². The molecule has 1 aromatic rings. The molecule has 9 heteroatoms. The van der Waals surface area contributed by atoms with Gasteiger partial charge >= 0.3 is 5.69 Å². The van der Waals surface area contributed by atoms with Crippen molar-refractivity contribution >= 4 is 18.9 Å². The van der Waals surface area contributed by atoms with Gasteiger partial charge in [0.05, 0.1) is 22.0 Å². The lowest BCUT2D eigenvalue weighted by Gasteiger charge is -2.13. The Hall–Kier alpha value is -1.16. The van der Waals surface area contributed by atoms with Crippen LogP contribution in [0.4, 0.5) is 0 Å². The van der Waals surface area contributed by atoms with E-state index in [1.165, 1.54) is 10.8 Å². The molecule has 20 heavy (non-hydrogen) atoms. The van der Waals surface area contributed by atoms with E-state index >= 15 is 0 Å². The monoisotopic (exact) mass is 318 g/mol. The molecule has 0 aromatic carbocycles. The molecule has 0 saturated heterocycles. The number of rotatable bonds is 5. The number of nitrogens with zero attached hydrogens (tertiary/aromatic N) is 1. The predicted molar refractivity (Wildman–Crippen MR) is 79.0 cm³/mol. The Morgan fingerprint density at radius 3 is 2.90 bits per heavy atom. The summed E-state index contributed by atoms with van der Waals surface area (Å²) in [6.07, 6.45) is 1.53. The molecule has 110 valence electrons. The summed E-state index contributed by atoms with van der Waals surface area (Å²) in [4.78, 5) is 25.4. The van der Waals surface area contributed by atoms with Crippen LogP contribution in [-0.2, 0) is 20.3 Å². The van der Waals surface area contributed by atoms with E-state index < -0.39 is 5.69 Å². The van der Waals surface area contributed by atoms with Gasteiger partial charge in [0.1, 0.15) is 12.4 Å². The zero-order chi connectivity index (χ0) is 14.7. The van der Waals surface area contributed by atoms with Crippen LogP contribution in [0.15, 0.2) is 27.3 Å². The molecule has 7 nitrogen and oxygen atoms in total. The highest BCUT2D eigenvalue weighted by Gasteiger charge is 2.29. The zero-order valence-corrected chi connectivity index (χ0v) is 13.2. The first-order valence-corrected chi connectivity index (χ1v) is 6.85. The second-order valence-corrected chi connectivity index (χ2v) is 5.02. The summed E-state index contributed by atoms with van der Waals surface area (Å²) in [7, 11) is 4.31. The van der Waals surface area contributed by atoms with Gasteiger partial charge < -0.3 is 13.8 Å². The van der Waals surface area contributed by atoms with Crippen molar-refractivity contribution in [1.29, 1.82) is 0 Å². The van der Waals surface area contributed by atoms with Gasteiger partial charge in [-0.25, -0.2) is 4.79 Å². The van der Waals surface area contributed by atoms with E-state index in [1.54, 1.807) is 6.92 Å². The fourth-order valence-electron chi connectivity index (χ4n) is 2.05. The number of ether oxygens (including phenoxy) is 1. The number of hydrogen-bond acceptors (Lipinski definition) is 5. The maximum atomic E-state index is 11.8. The van der Waals surface area contributed by atoms with Gasteiger partial charge in [0.15, 0.2) is 5.76 Å². The summed E-state index contributed by atoms with van der Waals surface area (Å²) in [5.41, 5.74) is -0.335. The van der Waals surface area contributed by atoms with Crippen molar-refractivity contribution in [3.8, 4) is 0 Å². The Balaban J connectivity index is 2.25. The average molecular weight is 318 g/mol. The quantitative estimate of drug-likeness (QED) is 0.791. The second kappa shape index (κ2) is 6.53. The van der Waals surface area contributed by atoms with Crippen molar-refractivity contribution in [2.45, 2.75) is 13.5 Å². The lowest BCUT2D eigenvalue weighted by Crippen LogP contribution is -2.33. The van der Waals surface area contributed by atoms with Crippen molar-refractivity contribution < 1.29 is 13.8 Å². The number of aryl methyl sites for hydroxylation is 1. The molecule has 0 spiro atoms. The molecule has 1 aromatic heterocycles. The molecule has 1 aliphatic heterocycles. The van der Waals surface area contributed by atoms with Crippen LogP contribution >= 0.6 is 18.9 Å². The fraction of sp³-hybridized carbons (Fsp3) is 0.455. The summed E-state index contributed by atoms with van der Waals surface area (Å²) in [5, 5.41) is 0. The predicted octanol–water partition coefficient (Wildman–Crippen LogP) is 0.316. The molecule has 2 rings (SSSR count). The summed E-state index contributed by atoms with van der Waals surface area (Å²) in [6.45, 7) is 2.69. The highest BCUT2D eigenvalue weighted by Crippen LogP contribution is 2.29. The van der Waals surface area contributed by atoms with Gasteiger partial charge in [-0.1, -0.05) is 0 Å². The first kappa shape index (κ1) is 15.2. The van der Waals surface area contributed by atoms with Crippen LogP contribution in [0.5, 0.6) is 0 Å². The Labute approximate surface area is 119 Å². The number of hydrogen-bond donors (Lipinski definition) is 1. The van der Waals surface area contributed by atoms with Gasteiger partial charge in [-0.15, -0.1) is 0 Å². The van der Waals surface area contributed by atoms with E-state index in [4.69, 9.17) is 13.8 Å². The van der Waals surface area contributed by atoms with E-state index in [1.807, 2.05) is 0 Å². The smallest absolute Gasteiger partial charge is 0.328 e. The molecule has 0 saturated carbocycles. The van der Waals surface area contributed by atoms with Gasteiger partial charge in [0.25, 0.3) is 5.56 Å². The van der Waals surface area contributed by atoms with Gasteiger partial charge in [-0.05, 0) is 6.92 Å². The van der Waals surface area contributed by atoms with Crippen LogP contribution in [0.25, 0.3) is 0 Å². The van der Waals surface area contributed by atoms with Crippen LogP contribution in [0.3, 0.4) is 0 Å². The summed E-state index contributed by atoms with van der Waals surface area (Å²) in [6, 6.07) is 0. The minimum atomic E-state index is -0.445. The van der Waals surface area contributed by atoms with E-state index in [9.17, 15) is 9.59 Å². The van der Waals surface area contributed by atoms with Crippen molar-refractivity contribution in [3.63, 3.8) is 0 Å². The van der Waals surface area contributed by atoms with Crippen LogP contribution < -0.4 is 11.2 Å². The summed E-state index contributed by atoms with van der Waals surface area (Å²) >= 11 is 0. The lowest BCUT2D eigenvalue weighted by atomic mass is 10.1. The Bertz CT molecular complexity index is 636. The number of H-pyrrole nitrogens is 1. The summed E-state index contributed by atoms with van der Waals surface area (Å²) in [5.74, 6) is 1.13. The topological polar surface area (TPSA) is 82.6 Å². The molecule has 0 amide bonds. The van der Waals surface area contributed by atoms with Gasteiger partial charge in [0, 0.05) is 27.8 Å². The van der Waals surface area contributed by atoms with Gasteiger partial charge in [0.2, 0.25) is 0 Å². The minimum Gasteiger partial charge on any atom is -0.491 e. The number of aromatic nitrogens is 2. The largest absolute Gasteiger partial charge is 0.491 e. The van der Waals surface area contributed by atoms with Gasteiger partial charge in [-0.2, -0.15) is 0 Å². The van der Waals surface area contributed by atoms with Crippen molar-refractivity contribution in [2.24, 2.45) is 5.92 Å². The normalized spacial score (nSPS) is 18.2. The van der Waals surface area contributed by atoms with Crippen molar-refractivity contribution in [3.05, 3.63) is 44.1 Å². The Morgan fingerprint density at radius 1 is 1.50 bits per heavy atom. The van der Waals surface area contributed by atoms with E-state index in [2.05, 4.69) is 23.9 Å². The molecule has 1 aliphatic rings. The SMILES string of the molecule is Cc1cn(CC2COC(COP)=C2OP)c(=O)[nH]c1=O. The van der Waals surface area contributed by atoms with Crippen molar-refractivity contribution in [2.75, 3.05) is 13.2 Å². The Morgan fingerprint density at radius 2 is 2.25 bits per heavy atom. The third-order valence-corrected chi connectivity index (χ3v) is 3.47. The molecular formula is C11H16N2O5P2. The molecule has 0 radical (unpaired) electrons. The maximum Gasteiger partial charge on any atom is 0.328 e. The molecule has 1 N–H and O–H groups in total.